The number of amides is 1. The largest absolute Gasteiger partial charge is 0.496 e. The number of carbonyl (C=O) groups excluding carboxylic acids is 1. The van der Waals surface area contributed by atoms with Crippen molar-refractivity contribution in [2.45, 2.75) is 38.6 Å². The third-order valence-electron chi connectivity index (χ3n) is 8.34. The Morgan fingerprint density at radius 2 is 1.76 bits per heavy atom. The zero-order valence-electron chi connectivity index (χ0n) is 25.7. The summed E-state index contributed by atoms with van der Waals surface area (Å²) in [7, 11) is 4.12. The van der Waals surface area contributed by atoms with E-state index in [0.29, 0.717) is 42.8 Å². The number of nitrogens with one attached hydrogen (secondary N) is 1. The summed E-state index contributed by atoms with van der Waals surface area (Å²) in [5.41, 5.74) is 2.36. The van der Waals surface area contributed by atoms with Crippen molar-refractivity contribution in [2.24, 2.45) is 11.8 Å². The van der Waals surface area contributed by atoms with Crippen LogP contribution in [0.3, 0.4) is 0 Å². The number of ether oxygens (including phenoxy) is 3. The van der Waals surface area contributed by atoms with Crippen molar-refractivity contribution in [1.82, 2.24) is 19.4 Å². The molecule has 42 heavy (non-hydrogen) atoms. The van der Waals surface area contributed by atoms with Gasteiger partial charge in [0.2, 0.25) is 5.91 Å². The maximum absolute atomic E-state index is 14.8. The maximum atomic E-state index is 14.8. The molecule has 228 valence electrons. The van der Waals surface area contributed by atoms with Gasteiger partial charge in [-0.15, -0.1) is 0 Å². The first kappa shape index (κ1) is 30.5. The first-order valence-corrected chi connectivity index (χ1v) is 18.4. The van der Waals surface area contributed by atoms with Crippen molar-refractivity contribution in [2.75, 3.05) is 65.9 Å². The van der Waals surface area contributed by atoms with Gasteiger partial charge in [-0.2, -0.15) is 0 Å². The molecular weight excluding hydrogens is 553 g/mol. The fraction of sp³-hybridized carbons (Fsp3) is 0.548. The Labute approximate surface area is 248 Å². The Bertz CT molecular complexity index is 1380. The van der Waals surface area contributed by atoms with Gasteiger partial charge < -0.3 is 33.9 Å². The second-order valence-electron chi connectivity index (χ2n) is 12.7. The summed E-state index contributed by atoms with van der Waals surface area (Å²) in [6.45, 7) is 12.3. The zero-order chi connectivity index (χ0) is 30.0. The van der Waals surface area contributed by atoms with Crippen molar-refractivity contribution in [3.8, 4) is 22.6 Å². The van der Waals surface area contributed by atoms with Crippen LogP contribution in [0, 0.1) is 11.8 Å². The number of halogens is 1. The number of nitrogens with zero attached hydrogens (tertiary/aromatic N) is 4. The van der Waals surface area contributed by atoms with Gasteiger partial charge in [-0.05, 0) is 37.4 Å². The Kier molecular flexibility index (Phi) is 9.22. The van der Waals surface area contributed by atoms with Crippen LogP contribution in [0.1, 0.15) is 0 Å². The number of alkyl halides is 1. The minimum Gasteiger partial charge on any atom is -0.496 e. The second-order valence-corrected chi connectivity index (χ2v) is 18.3. The number of benzene rings is 1. The number of carbonyl (C=O) groups is 1. The SMILES string of the molecule is COc1cccc(OC)c1-c1cn(COCC[Si](C)(C)C)c2nc(NC(=O)C3C(CN4CCN(C)CC4)[C@H]3F)ccc12. The highest BCUT2D eigenvalue weighted by atomic mass is 28.3. The summed E-state index contributed by atoms with van der Waals surface area (Å²) in [6.07, 6.45) is 0.865. The monoisotopic (exact) mass is 597 g/mol. The molecule has 1 aromatic carbocycles. The number of hydrogen-bond acceptors (Lipinski definition) is 7. The molecule has 2 aliphatic rings. The highest BCUT2D eigenvalue weighted by Crippen LogP contribution is 2.44. The summed E-state index contributed by atoms with van der Waals surface area (Å²) < 4.78 is 34.2. The van der Waals surface area contributed by atoms with Crippen LogP contribution in [0.4, 0.5) is 10.2 Å². The first-order chi connectivity index (χ1) is 20.1. The molecule has 3 atom stereocenters. The van der Waals surface area contributed by atoms with Crippen LogP contribution >= 0.6 is 0 Å². The molecule has 2 fully saturated rings. The summed E-state index contributed by atoms with van der Waals surface area (Å²) in [5.74, 6) is 0.520. The van der Waals surface area contributed by atoms with Crippen LogP contribution in [0.15, 0.2) is 36.5 Å². The van der Waals surface area contributed by atoms with Gasteiger partial charge in [0.1, 0.15) is 35.9 Å². The minimum absolute atomic E-state index is 0.273. The van der Waals surface area contributed by atoms with E-state index in [4.69, 9.17) is 19.2 Å². The fourth-order valence-corrected chi connectivity index (χ4v) is 6.37. The zero-order valence-corrected chi connectivity index (χ0v) is 26.7. The van der Waals surface area contributed by atoms with Gasteiger partial charge in [0.25, 0.3) is 0 Å². The second kappa shape index (κ2) is 12.7. The molecule has 2 aromatic heterocycles. The minimum atomic E-state index is -1.25. The molecule has 3 aromatic rings. The van der Waals surface area contributed by atoms with Crippen molar-refractivity contribution in [1.29, 1.82) is 0 Å². The van der Waals surface area contributed by atoms with E-state index in [-0.39, 0.29) is 11.8 Å². The van der Waals surface area contributed by atoms with Crippen LogP contribution in [-0.2, 0) is 16.3 Å². The Morgan fingerprint density at radius 1 is 1.07 bits per heavy atom. The highest BCUT2D eigenvalue weighted by Gasteiger charge is 2.56. The Hall–Kier alpha value is -2.99. The third kappa shape index (κ3) is 6.80. The van der Waals surface area contributed by atoms with Crippen LogP contribution in [0.2, 0.25) is 25.7 Å². The standard InChI is InChI=1S/C31H44FN5O4Si/c1-35-12-14-36(15-13-35)18-23-28(29(23)32)31(38)34-26-11-10-21-22(27-24(39-2)8-7-9-25(27)40-3)19-37(30(21)33-26)20-41-16-17-42(4,5)6/h7-11,19,23,28-29H,12-18,20H2,1-6H3,(H,33,34,38)/t23?,28?,29-/m1/s1. The maximum Gasteiger partial charge on any atom is 0.232 e. The molecule has 0 bridgehead atoms. The smallest absolute Gasteiger partial charge is 0.232 e. The molecule has 1 saturated heterocycles. The predicted octanol–water partition coefficient (Wildman–Crippen LogP) is 4.80. The lowest BCUT2D eigenvalue weighted by atomic mass is 10.0. The lowest BCUT2D eigenvalue weighted by Gasteiger charge is -2.32. The number of methoxy groups -OCH3 is 2. The lowest BCUT2D eigenvalue weighted by Crippen LogP contribution is -2.45. The molecule has 1 aliphatic heterocycles. The van der Waals surface area contributed by atoms with E-state index < -0.39 is 20.2 Å². The molecule has 3 heterocycles. The molecule has 1 N–H and O–H groups in total. The normalized spacial score (nSPS) is 21.5. The average molecular weight is 598 g/mol. The predicted molar refractivity (Wildman–Crippen MR) is 167 cm³/mol. The summed E-state index contributed by atoms with van der Waals surface area (Å²) >= 11 is 0. The third-order valence-corrected chi connectivity index (χ3v) is 10.0. The van der Waals surface area contributed by atoms with E-state index in [9.17, 15) is 9.18 Å². The summed E-state index contributed by atoms with van der Waals surface area (Å²) in [5, 5.41) is 3.76. The summed E-state index contributed by atoms with van der Waals surface area (Å²) in [4.78, 5) is 22.5. The van der Waals surface area contributed by atoms with Gasteiger partial charge in [0, 0.05) is 70.5 Å². The van der Waals surface area contributed by atoms with Gasteiger partial charge in [-0.25, -0.2) is 9.37 Å². The molecule has 1 aliphatic carbocycles. The molecule has 5 rings (SSSR count). The van der Waals surface area contributed by atoms with Gasteiger partial charge in [0.15, 0.2) is 0 Å². The van der Waals surface area contributed by atoms with E-state index in [1.807, 2.05) is 35.0 Å². The van der Waals surface area contributed by atoms with E-state index in [0.717, 1.165) is 48.7 Å². The molecule has 9 nitrogen and oxygen atoms in total. The average Bonchev–Trinajstić information content (AvgIpc) is 3.46. The quantitative estimate of drug-likeness (QED) is 0.237. The van der Waals surface area contributed by atoms with Crippen molar-refractivity contribution < 1.29 is 23.4 Å². The van der Waals surface area contributed by atoms with E-state index in [2.05, 4.69) is 41.8 Å². The van der Waals surface area contributed by atoms with Crippen molar-refractivity contribution in [3.63, 3.8) is 0 Å². The van der Waals surface area contributed by atoms with Crippen LogP contribution in [-0.4, -0.2) is 100 Å². The molecule has 1 amide bonds. The highest BCUT2D eigenvalue weighted by molar-refractivity contribution is 6.76. The lowest BCUT2D eigenvalue weighted by molar-refractivity contribution is -0.118. The summed E-state index contributed by atoms with van der Waals surface area (Å²) in [6, 6.07) is 10.4. The number of anilines is 1. The van der Waals surface area contributed by atoms with Crippen LogP contribution < -0.4 is 14.8 Å². The number of rotatable bonds is 12. The molecule has 0 spiro atoms. The van der Waals surface area contributed by atoms with E-state index in [1.165, 1.54) is 0 Å². The number of pyridine rings is 1. The van der Waals surface area contributed by atoms with Gasteiger partial charge in [-0.1, -0.05) is 25.7 Å². The first-order valence-electron chi connectivity index (χ1n) is 14.7. The van der Waals surface area contributed by atoms with Crippen LogP contribution in [0.5, 0.6) is 11.5 Å². The number of fused-ring (bicyclic) bond motifs is 1. The number of aromatic nitrogens is 2. The topological polar surface area (TPSA) is 81.1 Å². The molecule has 1 saturated carbocycles. The van der Waals surface area contributed by atoms with E-state index >= 15 is 0 Å². The van der Waals surface area contributed by atoms with Gasteiger partial charge >= 0.3 is 0 Å². The Balaban J connectivity index is 1.38. The van der Waals surface area contributed by atoms with Gasteiger partial charge in [0.05, 0.1) is 25.7 Å². The number of hydrogen-bond donors (Lipinski definition) is 1. The van der Waals surface area contributed by atoms with E-state index in [1.54, 1.807) is 20.3 Å². The number of piperazine rings is 1. The molecule has 2 unspecified atom stereocenters. The molecular formula is C31H44FN5O4Si. The van der Waals surface area contributed by atoms with Crippen LogP contribution in [0.25, 0.3) is 22.2 Å². The molecule has 0 radical (unpaired) electrons. The fourth-order valence-electron chi connectivity index (χ4n) is 5.61. The Morgan fingerprint density at radius 3 is 2.40 bits per heavy atom. The van der Waals surface area contributed by atoms with Crippen molar-refractivity contribution in [3.05, 3.63) is 36.5 Å². The number of likely N-dealkylation sites (N-methyl/N-ethyl adjacent to an activating group) is 1. The molecule has 11 heteroatoms. The van der Waals surface area contributed by atoms with Crippen molar-refractivity contribution >= 4 is 30.8 Å². The van der Waals surface area contributed by atoms with Gasteiger partial charge in [-0.3, -0.25) is 4.79 Å².